The highest BCUT2D eigenvalue weighted by molar-refractivity contribution is 7.19. The van der Waals surface area contributed by atoms with Crippen LogP contribution in [0.2, 0.25) is 0 Å². The fraction of sp³-hybridized carbons (Fsp3) is 0.176. The molecule has 4 rings (SSSR count). The lowest BCUT2D eigenvalue weighted by Gasteiger charge is -2.05. The summed E-state index contributed by atoms with van der Waals surface area (Å²) in [6.45, 7) is 0.975. The van der Waals surface area contributed by atoms with Gasteiger partial charge in [-0.2, -0.15) is 0 Å². The molecule has 126 valence electrons. The highest BCUT2D eigenvalue weighted by Crippen LogP contribution is 2.34. The minimum absolute atomic E-state index is 0.287. The number of hydrogen-bond donors (Lipinski definition) is 2. The van der Waals surface area contributed by atoms with E-state index in [1.807, 2.05) is 24.4 Å². The summed E-state index contributed by atoms with van der Waals surface area (Å²) in [5.74, 6) is 0.386. The van der Waals surface area contributed by atoms with Crippen molar-refractivity contribution in [1.82, 2.24) is 15.3 Å². The van der Waals surface area contributed by atoms with Gasteiger partial charge in [0.05, 0.1) is 30.4 Å². The van der Waals surface area contributed by atoms with Crippen LogP contribution in [0.4, 0.5) is 10.6 Å². The molecule has 0 saturated carbocycles. The highest BCUT2D eigenvalue weighted by Gasteiger charge is 2.14. The molecule has 0 fully saturated rings. The zero-order chi connectivity index (χ0) is 17.4. The average Bonchev–Trinajstić information content (AvgIpc) is 3.29. The van der Waals surface area contributed by atoms with Gasteiger partial charge in [0.2, 0.25) is 0 Å². The quantitative estimate of drug-likeness (QED) is 0.754. The molecule has 8 heteroatoms. The molecule has 0 atom stereocenters. The van der Waals surface area contributed by atoms with Crippen molar-refractivity contribution < 1.29 is 9.53 Å². The molecule has 2 aromatic heterocycles. The third-order valence-electron chi connectivity index (χ3n) is 3.98. The number of nitrogen functional groups attached to an aromatic ring is 1. The molecular weight excluding hydrogens is 338 g/mol. The van der Waals surface area contributed by atoms with E-state index in [4.69, 9.17) is 5.73 Å². The first-order valence-corrected chi connectivity index (χ1v) is 8.47. The van der Waals surface area contributed by atoms with E-state index < -0.39 is 6.09 Å². The van der Waals surface area contributed by atoms with Crippen LogP contribution in [-0.4, -0.2) is 35.9 Å². The van der Waals surface area contributed by atoms with Crippen LogP contribution in [0.1, 0.15) is 10.6 Å². The Morgan fingerprint density at radius 1 is 1.40 bits per heavy atom. The van der Waals surface area contributed by atoms with Gasteiger partial charge in [-0.05, 0) is 23.3 Å². The van der Waals surface area contributed by atoms with Crippen LogP contribution in [0, 0.1) is 0 Å². The summed E-state index contributed by atoms with van der Waals surface area (Å²) in [5.41, 5.74) is 9.84. The number of hydrogen-bond acceptors (Lipinski definition) is 7. The Kier molecular flexibility index (Phi) is 3.81. The van der Waals surface area contributed by atoms with Crippen molar-refractivity contribution >= 4 is 56.2 Å². The minimum atomic E-state index is -0.494. The number of carbonyl (C=O) groups is 1. The first-order chi connectivity index (χ1) is 12.2. The van der Waals surface area contributed by atoms with E-state index in [9.17, 15) is 4.79 Å². The number of anilines is 1. The molecule has 1 aromatic carbocycles. The van der Waals surface area contributed by atoms with E-state index in [2.05, 4.69) is 31.1 Å². The molecule has 0 unspecified atom stereocenters. The molecule has 7 nitrogen and oxygen atoms in total. The third-order valence-corrected chi connectivity index (χ3v) is 5.07. The van der Waals surface area contributed by atoms with Crippen LogP contribution < -0.4 is 11.1 Å². The monoisotopic (exact) mass is 353 g/mol. The lowest BCUT2D eigenvalue weighted by atomic mass is 10.0. The number of methoxy groups -OCH3 is 1. The van der Waals surface area contributed by atoms with Crippen molar-refractivity contribution in [3.8, 4) is 0 Å². The topological polar surface area (TPSA) is 102 Å². The van der Waals surface area contributed by atoms with E-state index in [1.165, 1.54) is 18.4 Å². The van der Waals surface area contributed by atoms with Crippen molar-refractivity contribution in [1.29, 1.82) is 0 Å². The number of amides is 1. The molecule has 1 aliphatic rings. The number of pyridine rings is 1. The van der Waals surface area contributed by atoms with Gasteiger partial charge in [-0.25, -0.2) is 14.8 Å². The number of benzene rings is 1. The number of nitrogens with one attached hydrogen (secondary N) is 1. The highest BCUT2D eigenvalue weighted by atomic mass is 32.1. The number of aliphatic imine (C=N–C) groups is 1. The molecule has 0 radical (unpaired) electrons. The molecule has 1 amide bonds. The second kappa shape index (κ2) is 6.14. The molecular formula is C17H15N5O2S. The summed E-state index contributed by atoms with van der Waals surface area (Å²) in [6.07, 6.45) is 3.33. The zero-order valence-electron chi connectivity index (χ0n) is 13.4. The van der Waals surface area contributed by atoms with Gasteiger partial charge in [0.25, 0.3) is 0 Å². The standard InChI is InChI=1S/C17H15N5O2S/c1-24-17(23)20-8-13-22-14-15(25-13)11-3-2-9(10-4-5-19-7-10)6-12(11)21-16(14)18/h2-6H,7-8H2,1H3,(H2,18,21)(H,20,23). The van der Waals surface area contributed by atoms with Crippen molar-refractivity contribution in [2.75, 3.05) is 19.4 Å². The predicted molar refractivity (Wildman–Crippen MR) is 99.9 cm³/mol. The van der Waals surface area contributed by atoms with Gasteiger partial charge in [-0.15, -0.1) is 11.3 Å². The zero-order valence-corrected chi connectivity index (χ0v) is 14.3. The number of ether oxygens (including phenoxy) is 1. The maximum atomic E-state index is 11.2. The Morgan fingerprint density at radius 2 is 2.28 bits per heavy atom. The van der Waals surface area contributed by atoms with E-state index in [1.54, 1.807) is 0 Å². The molecule has 0 bridgehead atoms. The summed E-state index contributed by atoms with van der Waals surface area (Å²) in [6, 6.07) is 6.12. The number of allylic oxidation sites excluding steroid dienone is 1. The van der Waals surface area contributed by atoms with Gasteiger partial charge in [0.15, 0.2) is 5.82 Å². The van der Waals surface area contributed by atoms with Crippen molar-refractivity contribution in [2.45, 2.75) is 6.54 Å². The first-order valence-electron chi connectivity index (χ1n) is 7.65. The Hall–Kier alpha value is -3.00. The molecule has 0 aliphatic carbocycles. The lowest BCUT2D eigenvalue weighted by Crippen LogP contribution is -2.22. The average molecular weight is 353 g/mol. The molecule has 3 N–H and O–H groups in total. The Labute approximate surface area is 147 Å². The number of nitrogens with zero attached hydrogens (tertiary/aromatic N) is 3. The van der Waals surface area contributed by atoms with Crippen LogP contribution in [-0.2, 0) is 11.3 Å². The van der Waals surface area contributed by atoms with Crippen LogP contribution in [0.5, 0.6) is 0 Å². The molecule has 3 aromatic rings. The van der Waals surface area contributed by atoms with Gasteiger partial charge in [0, 0.05) is 11.6 Å². The van der Waals surface area contributed by atoms with E-state index in [0.717, 1.165) is 31.7 Å². The smallest absolute Gasteiger partial charge is 0.407 e. The number of rotatable bonds is 3. The van der Waals surface area contributed by atoms with Crippen molar-refractivity contribution in [2.24, 2.45) is 4.99 Å². The molecule has 0 saturated heterocycles. The Bertz CT molecular complexity index is 1050. The van der Waals surface area contributed by atoms with Gasteiger partial charge >= 0.3 is 6.09 Å². The second-order valence-corrected chi connectivity index (χ2v) is 6.62. The van der Waals surface area contributed by atoms with Crippen LogP contribution in [0.3, 0.4) is 0 Å². The largest absolute Gasteiger partial charge is 0.453 e. The molecule has 1 aliphatic heterocycles. The van der Waals surface area contributed by atoms with Crippen LogP contribution in [0.25, 0.3) is 26.7 Å². The SMILES string of the molecule is COC(=O)NCc1nc2c(N)nc3cc(C4=CC=NC4)ccc3c2s1. The molecule has 3 heterocycles. The van der Waals surface area contributed by atoms with Crippen LogP contribution >= 0.6 is 11.3 Å². The van der Waals surface area contributed by atoms with Gasteiger partial charge in [-0.1, -0.05) is 12.1 Å². The number of fused-ring (bicyclic) bond motifs is 3. The predicted octanol–water partition coefficient (Wildman–Crippen LogP) is 2.75. The maximum absolute atomic E-state index is 11.2. The van der Waals surface area contributed by atoms with Gasteiger partial charge in [0.1, 0.15) is 10.5 Å². The molecule has 25 heavy (non-hydrogen) atoms. The van der Waals surface area contributed by atoms with Crippen molar-refractivity contribution in [3.63, 3.8) is 0 Å². The number of carbonyl (C=O) groups excluding carboxylic acids is 1. The number of nitrogens with two attached hydrogens (primary N) is 1. The fourth-order valence-corrected chi connectivity index (χ4v) is 3.80. The lowest BCUT2D eigenvalue weighted by molar-refractivity contribution is 0.170. The van der Waals surface area contributed by atoms with Gasteiger partial charge < -0.3 is 15.8 Å². The van der Waals surface area contributed by atoms with Gasteiger partial charge in [-0.3, -0.25) is 4.99 Å². The number of alkyl carbamates (subject to hydrolysis) is 1. The van der Waals surface area contributed by atoms with Crippen LogP contribution in [0.15, 0.2) is 29.3 Å². The Balaban J connectivity index is 1.77. The minimum Gasteiger partial charge on any atom is -0.453 e. The Morgan fingerprint density at radius 3 is 3.04 bits per heavy atom. The first kappa shape index (κ1) is 15.5. The normalized spacial score (nSPS) is 13.4. The van der Waals surface area contributed by atoms with E-state index in [-0.39, 0.29) is 6.54 Å². The second-order valence-electron chi connectivity index (χ2n) is 5.54. The summed E-state index contributed by atoms with van der Waals surface area (Å²) < 4.78 is 5.54. The van der Waals surface area contributed by atoms with E-state index >= 15 is 0 Å². The summed E-state index contributed by atoms with van der Waals surface area (Å²) in [7, 11) is 1.32. The van der Waals surface area contributed by atoms with Crippen molar-refractivity contribution in [3.05, 3.63) is 34.8 Å². The van der Waals surface area contributed by atoms with E-state index in [0.29, 0.717) is 17.9 Å². The summed E-state index contributed by atoms with van der Waals surface area (Å²) >= 11 is 1.49. The fourth-order valence-electron chi connectivity index (χ4n) is 2.75. The third kappa shape index (κ3) is 2.80. The number of aromatic nitrogens is 2. The molecule has 0 spiro atoms. The number of thiazole rings is 1. The summed E-state index contributed by atoms with van der Waals surface area (Å²) in [5, 5.41) is 4.37. The summed E-state index contributed by atoms with van der Waals surface area (Å²) in [4.78, 5) is 24.5. The maximum Gasteiger partial charge on any atom is 0.407 e.